The number of carbonyl (C=O) groups excluding carboxylic acids is 2. The first-order chi connectivity index (χ1) is 14.3. The molecule has 0 unspecified atom stereocenters. The van der Waals surface area contributed by atoms with E-state index in [0.717, 1.165) is 22.3 Å². The molecule has 1 fully saturated rings. The van der Waals surface area contributed by atoms with E-state index in [4.69, 9.17) is 4.74 Å². The van der Waals surface area contributed by atoms with E-state index < -0.39 is 41.6 Å². The number of esters is 1. The second-order valence-electron chi connectivity index (χ2n) is 6.49. The number of hydrogen-bond donors (Lipinski definition) is 2. The highest BCUT2D eigenvalue weighted by molar-refractivity contribution is 7.16. The van der Waals surface area contributed by atoms with E-state index in [0.29, 0.717) is 6.07 Å². The number of ether oxygens (including phenoxy) is 1. The molecule has 160 valence electrons. The third-order valence-electron chi connectivity index (χ3n) is 4.57. The highest BCUT2D eigenvalue weighted by Gasteiger charge is 2.38. The van der Waals surface area contributed by atoms with Crippen molar-refractivity contribution >= 4 is 29.3 Å². The molecule has 9 nitrogen and oxygen atoms in total. The summed E-state index contributed by atoms with van der Waals surface area (Å²) in [6, 6.07) is 2.31. The number of aromatic nitrogens is 2. The minimum atomic E-state index is -1.16. The Balaban J connectivity index is 1.74. The fraction of sp³-hybridized carbons (Fsp3) is 0.389. The first kappa shape index (κ1) is 21.6. The van der Waals surface area contributed by atoms with Crippen LogP contribution >= 0.6 is 11.3 Å². The first-order valence-corrected chi connectivity index (χ1v) is 9.86. The summed E-state index contributed by atoms with van der Waals surface area (Å²) in [5.41, 5.74) is 0.00659. The standard InChI is InChI=1S/C18H18F2N4O5S/c1-2-29-17(26)11-8-24(18(27)28)6-5-13(11)21-14(25)16-23-22-15(30-16)10-4-3-9(19)7-12(10)20/h3-4,7,11,13H,2,5-6,8H2,1H3,(H,21,25)(H,27,28)/t11-,13-/m0/s1. The van der Waals surface area contributed by atoms with Gasteiger partial charge < -0.3 is 20.1 Å². The van der Waals surface area contributed by atoms with E-state index in [1.54, 1.807) is 6.92 Å². The van der Waals surface area contributed by atoms with Gasteiger partial charge >= 0.3 is 12.1 Å². The van der Waals surface area contributed by atoms with E-state index in [2.05, 4.69) is 15.5 Å². The second kappa shape index (κ2) is 9.11. The second-order valence-corrected chi connectivity index (χ2v) is 7.47. The maximum absolute atomic E-state index is 13.9. The van der Waals surface area contributed by atoms with Gasteiger partial charge in [0, 0.05) is 30.8 Å². The monoisotopic (exact) mass is 440 g/mol. The van der Waals surface area contributed by atoms with Crippen LogP contribution in [-0.2, 0) is 9.53 Å². The number of likely N-dealkylation sites (tertiary alicyclic amines) is 1. The van der Waals surface area contributed by atoms with Gasteiger partial charge in [-0.25, -0.2) is 13.6 Å². The van der Waals surface area contributed by atoms with Gasteiger partial charge in [0.2, 0.25) is 5.01 Å². The van der Waals surface area contributed by atoms with Gasteiger partial charge in [-0.3, -0.25) is 9.59 Å². The van der Waals surface area contributed by atoms with Crippen molar-refractivity contribution < 1.29 is 33.0 Å². The SMILES string of the molecule is CCOC(=O)[C@H]1CN(C(=O)O)CC[C@@H]1NC(=O)c1nnc(-c2ccc(F)cc2F)s1. The molecule has 30 heavy (non-hydrogen) atoms. The summed E-state index contributed by atoms with van der Waals surface area (Å²) in [7, 11) is 0. The lowest BCUT2D eigenvalue weighted by Crippen LogP contribution is -2.55. The van der Waals surface area contributed by atoms with Crippen LogP contribution in [0, 0.1) is 17.6 Å². The third-order valence-corrected chi connectivity index (χ3v) is 5.53. The van der Waals surface area contributed by atoms with Crippen molar-refractivity contribution in [3.05, 3.63) is 34.8 Å². The number of amides is 2. The number of carbonyl (C=O) groups is 3. The van der Waals surface area contributed by atoms with Gasteiger partial charge in [0.15, 0.2) is 5.01 Å². The van der Waals surface area contributed by atoms with Crippen LogP contribution in [0.4, 0.5) is 13.6 Å². The Kier molecular flexibility index (Phi) is 6.55. The fourth-order valence-corrected chi connectivity index (χ4v) is 3.88. The Morgan fingerprint density at radius 1 is 1.33 bits per heavy atom. The predicted molar refractivity (Wildman–Crippen MR) is 101 cm³/mol. The molecule has 0 spiro atoms. The Labute approximate surface area is 173 Å². The van der Waals surface area contributed by atoms with Crippen molar-refractivity contribution in [2.45, 2.75) is 19.4 Å². The Bertz CT molecular complexity index is 970. The molecule has 2 heterocycles. The van der Waals surface area contributed by atoms with Crippen LogP contribution in [0.1, 0.15) is 23.1 Å². The number of rotatable bonds is 5. The molecule has 1 aromatic heterocycles. The molecule has 1 aliphatic rings. The summed E-state index contributed by atoms with van der Waals surface area (Å²) in [6.45, 7) is 1.77. The van der Waals surface area contributed by atoms with Gasteiger partial charge in [-0.2, -0.15) is 0 Å². The minimum absolute atomic E-state index is 0.00659. The number of nitrogens with one attached hydrogen (secondary N) is 1. The van der Waals surface area contributed by atoms with Gasteiger partial charge in [0.25, 0.3) is 5.91 Å². The molecular formula is C18H18F2N4O5S. The van der Waals surface area contributed by atoms with E-state index in [1.165, 1.54) is 6.07 Å². The van der Waals surface area contributed by atoms with Crippen molar-refractivity contribution in [1.29, 1.82) is 0 Å². The molecule has 1 saturated heterocycles. The van der Waals surface area contributed by atoms with Gasteiger partial charge in [-0.1, -0.05) is 11.3 Å². The van der Waals surface area contributed by atoms with Crippen LogP contribution in [0.25, 0.3) is 10.6 Å². The van der Waals surface area contributed by atoms with Gasteiger partial charge in [-0.15, -0.1) is 10.2 Å². The number of carboxylic acid groups (broad SMARTS) is 1. The van der Waals surface area contributed by atoms with Crippen LogP contribution in [-0.4, -0.2) is 63.9 Å². The largest absolute Gasteiger partial charge is 0.466 e. The zero-order valence-corrected chi connectivity index (χ0v) is 16.6. The fourth-order valence-electron chi connectivity index (χ4n) is 3.10. The van der Waals surface area contributed by atoms with Gasteiger partial charge in [0.05, 0.1) is 12.5 Å². The highest BCUT2D eigenvalue weighted by atomic mass is 32.1. The maximum atomic E-state index is 13.9. The summed E-state index contributed by atoms with van der Waals surface area (Å²) in [5.74, 6) is -3.69. The lowest BCUT2D eigenvalue weighted by molar-refractivity contribution is -0.150. The average Bonchev–Trinajstić information content (AvgIpc) is 3.18. The highest BCUT2D eigenvalue weighted by Crippen LogP contribution is 2.27. The Morgan fingerprint density at radius 3 is 2.77 bits per heavy atom. The summed E-state index contributed by atoms with van der Waals surface area (Å²) in [5, 5.41) is 19.4. The summed E-state index contributed by atoms with van der Waals surface area (Å²) >= 11 is 0.811. The van der Waals surface area contributed by atoms with E-state index in [1.807, 2.05) is 0 Å². The molecule has 12 heteroatoms. The molecule has 2 aromatic rings. The molecule has 0 aliphatic carbocycles. The molecule has 0 bridgehead atoms. The van der Waals surface area contributed by atoms with Crippen molar-refractivity contribution in [2.24, 2.45) is 5.92 Å². The molecule has 1 aromatic carbocycles. The van der Waals surface area contributed by atoms with Crippen molar-refractivity contribution in [3.63, 3.8) is 0 Å². The zero-order chi connectivity index (χ0) is 21.8. The van der Waals surface area contributed by atoms with E-state index >= 15 is 0 Å². The van der Waals surface area contributed by atoms with Crippen molar-refractivity contribution in [2.75, 3.05) is 19.7 Å². The van der Waals surface area contributed by atoms with E-state index in [-0.39, 0.29) is 41.7 Å². The minimum Gasteiger partial charge on any atom is -0.466 e. The number of piperidine rings is 1. The van der Waals surface area contributed by atoms with Gasteiger partial charge in [-0.05, 0) is 25.5 Å². The quantitative estimate of drug-likeness (QED) is 0.683. The lowest BCUT2D eigenvalue weighted by atomic mass is 9.92. The van der Waals surface area contributed by atoms with E-state index in [9.17, 15) is 28.3 Å². The lowest BCUT2D eigenvalue weighted by Gasteiger charge is -2.35. The molecule has 2 amide bonds. The summed E-state index contributed by atoms with van der Waals surface area (Å²) in [4.78, 5) is 37.2. The maximum Gasteiger partial charge on any atom is 0.407 e. The van der Waals surface area contributed by atoms with Crippen molar-refractivity contribution in [1.82, 2.24) is 20.4 Å². The molecule has 2 atom stereocenters. The molecule has 0 saturated carbocycles. The molecular weight excluding hydrogens is 422 g/mol. The molecule has 0 radical (unpaired) electrons. The number of nitrogens with zero attached hydrogens (tertiary/aromatic N) is 3. The van der Waals surface area contributed by atoms with Crippen LogP contribution in [0.15, 0.2) is 18.2 Å². The first-order valence-electron chi connectivity index (χ1n) is 9.04. The normalized spacial score (nSPS) is 18.7. The summed E-state index contributed by atoms with van der Waals surface area (Å²) < 4.78 is 32.0. The third kappa shape index (κ3) is 4.70. The molecule has 1 aliphatic heterocycles. The van der Waals surface area contributed by atoms with Crippen LogP contribution < -0.4 is 5.32 Å². The average molecular weight is 440 g/mol. The summed E-state index contributed by atoms with van der Waals surface area (Å²) in [6.07, 6.45) is -0.955. The Morgan fingerprint density at radius 2 is 2.10 bits per heavy atom. The number of halogens is 2. The van der Waals surface area contributed by atoms with Gasteiger partial charge in [0.1, 0.15) is 11.6 Å². The Hall–Kier alpha value is -3.15. The van der Waals surface area contributed by atoms with Crippen molar-refractivity contribution in [3.8, 4) is 10.6 Å². The van der Waals surface area contributed by atoms with Crippen LogP contribution in [0.2, 0.25) is 0 Å². The predicted octanol–water partition coefficient (Wildman–Crippen LogP) is 2.14. The smallest absolute Gasteiger partial charge is 0.407 e. The molecule has 2 N–H and O–H groups in total. The van der Waals surface area contributed by atoms with Crippen LogP contribution in [0.5, 0.6) is 0 Å². The zero-order valence-electron chi connectivity index (χ0n) is 15.8. The number of benzene rings is 1. The topological polar surface area (TPSA) is 122 Å². The van der Waals surface area contributed by atoms with Crippen LogP contribution in [0.3, 0.4) is 0 Å². The molecule has 3 rings (SSSR count). The number of hydrogen-bond acceptors (Lipinski definition) is 7.